The molecule has 0 aromatic carbocycles. The summed E-state index contributed by atoms with van der Waals surface area (Å²) in [4.78, 5) is 13.4. The Morgan fingerprint density at radius 1 is 1.21 bits per heavy atom. The first-order valence-electron chi connectivity index (χ1n) is 6.95. The third-order valence-electron chi connectivity index (χ3n) is 4.02. The number of aliphatic hydroxyl groups excluding tert-OH is 1. The molecule has 1 rings (SSSR count). The van der Waals surface area contributed by atoms with E-state index < -0.39 is 20.9 Å². The van der Waals surface area contributed by atoms with Crippen molar-refractivity contribution in [2.24, 2.45) is 0 Å². The Morgan fingerprint density at radius 2 is 1.74 bits per heavy atom. The number of carbonyl (C=O) groups is 1. The second-order valence-corrected chi connectivity index (χ2v) is 11.4. The van der Waals surface area contributed by atoms with Crippen LogP contribution >= 0.6 is 0 Å². The van der Waals surface area contributed by atoms with Crippen LogP contribution in [0.1, 0.15) is 40.0 Å². The van der Waals surface area contributed by atoms with Gasteiger partial charge in [0, 0.05) is 13.1 Å². The second kappa shape index (κ2) is 6.24. The summed E-state index contributed by atoms with van der Waals surface area (Å²) in [6.07, 6.45) is 2.65. The summed E-state index contributed by atoms with van der Waals surface area (Å²) in [6, 6.07) is 0. The molecule has 1 amide bonds. The Kier molecular flexibility index (Phi) is 5.40. The molecule has 0 aliphatic carbocycles. The molecule has 0 bridgehead atoms. The van der Waals surface area contributed by atoms with Crippen LogP contribution in [0.2, 0.25) is 18.1 Å². The van der Waals surface area contributed by atoms with Crippen LogP contribution in [0.5, 0.6) is 0 Å². The van der Waals surface area contributed by atoms with Crippen molar-refractivity contribution >= 4 is 14.4 Å². The van der Waals surface area contributed by atoms with Gasteiger partial charge in [-0.3, -0.25) is 0 Å². The number of piperidine rings is 1. The number of carbonyl (C=O) groups excluding carboxylic acids is 1. The molecular formula is C13H27NO4Si. The first-order chi connectivity index (χ1) is 8.63. The smallest absolute Gasteiger partial charge is 0.395 e. The van der Waals surface area contributed by atoms with Crippen molar-refractivity contribution in [2.75, 3.05) is 13.1 Å². The van der Waals surface area contributed by atoms with E-state index >= 15 is 0 Å². The summed E-state index contributed by atoms with van der Waals surface area (Å²) in [6.45, 7) is 10.2. The van der Waals surface area contributed by atoms with Crippen molar-refractivity contribution in [1.29, 1.82) is 0 Å². The van der Waals surface area contributed by atoms with Gasteiger partial charge in [0.05, 0.1) is 0 Å². The van der Waals surface area contributed by atoms with Gasteiger partial charge >= 0.3 is 12.6 Å². The maximum absolute atomic E-state index is 11.8. The molecule has 1 heterocycles. The summed E-state index contributed by atoms with van der Waals surface area (Å²) >= 11 is 0. The zero-order chi connectivity index (χ0) is 14.7. The van der Waals surface area contributed by atoms with E-state index in [-0.39, 0.29) is 5.04 Å². The highest BCUT2D eigenvalue weighted by atomic mass is 28.4. The Labute approximate surface area is 117 Å². The lowest BCUT2D eigenvalue weighted by molar-refractivity contribution is -0.193. The standard InChI is InChI=1S/C13H27NO4Si/c1-13(2,3)19(4,5)18-12(16)17-11(15)14-9-7-6-8-10-14/h12,16H,6-10H2,1-5H3. The quantitative estimate of drug-likeness (QED) is 0.641. The normalized spacial score (nSPS) is 19.2. The zero-order valence-electron chi connectivity index (χ0n) is 12.7. The fourth-order valence-electron chi connectivity index (χ4n) is 1.69. The molecule has 19 heavy (non-hydrogen) atoms. The van der Waals surface area contributed by atoms with Gasteiger partial charge in [-0.05, 0) is 37.4 Å². The minimum Gasteiger partial charge on any atom is -0.395 e. The highest BCUT2D eigenvalue weighted by molar-refractivity contribution is 6.74. The average molecular weight is 289 g/mol. The summed E-state index contributed by atoms with van der Waals surface area (Å²) in [7, 11) is -2.13. The molecule has 0 aromatic rings. The molecule has 1 N–H and O–H groups in total. The van der Waals surface area contributed by atoms with Gasteiger partial charge in [0.1, 0.15) is 0 Å². The van der Waals surface area contributed by atoms with E-state index in [1.807, 2.05) is 13.1 Å². The van der Waals surface area contributed by atoms with Gasteiger partial charge in [-0.2, -0.15) is 0 Å². The van der Waals surface area contributed by atoms with Gasteiger partial charge in [0.25, 0.3) is 0 Å². The molecule has 1 fully saturated rings. The number of rotatable bonds is 3. The molecule has 0 radical (unpaired) electrons. The molecule has 1 atom stereocenters. The predicted octanol–water partition coefficient (Wildman–Crippen LogP) is 2.91. The number of amides is 1. The van der Waals surface area contributed by atoms with E-state index in [2.05, 4.69) is 20.8 Å². The van der Waals surface area contributed by atoms with Gasteiger partial charge in [-0.25, -0.2) is 4.79 Å². The lowest BCUT2D eigenvalue weighted by Gasteiger charge is -2.37. The van der Waals surface area contributed by atoms with E-state index in [4.69, 9.17) is 9.16 Å². The first-order valence-corrected chi connectivity index (χ1v) is 9.86. The van der Waals surface area contributed by atoms with Crippen LogP contribution < -0.4 is 0 Å². The predicted molar refractivity (Wildman–Crippen MR) is 76.2 cm³/mol. The molecule has 0 saturated carbocycles. The third kappa shape index (κ3) is 4.78. The van der Waals surface area contributed by atoms with E-state index in [0.717, 1.165) is 19.3 Å². The monoisotopic (exact) mass is 289 g/mol. The second-order valence-electron chi connectivity index (χ2n) is 6.62. The molecule has 1 aliphatic rings. The summed E-state index contributed by atoms with van der Waals surface area (Å²) < 4.78 is 10.6. The number of hydrogen-bond donors (Lipinski definition) is 1. The van der Waals surface area contributed by atoms with Crippen LogP contribution in [-0.2, 0) is 9.16 Å². The number of hydrogen-bond acceptors (Lipinski definition) is 4. The molecule has 0 aromatic heterocycles. The van der Waals surface area contributed by atoms with Gasteiger partial charge in [-0.15, -0.1) is 0 Å². The Morgan fingerprint density at radius 3 is 2.21 bits per heavy atom. The van der Waals surface area contributed by atoms with Crippen molar-refractivity contribution in [2.45, 2.75) is 64.6 Å². The van der Waals surface area contributed by atoms with Crippen LogP contribution in [0.25, 0.3) is 0 Å². The Hall–Kier alpha value is -0.593. The highest BCUT2D eigenvalue weighted by Gasteiger charge is 2.40. The van der Waals surface area contributed by atoms with Crippen LogP contribution in [0.3, 0.4) is 0 Å². The minimum absolute atomic E-state index is 0.0362. The van der Waals surface area contributed by atoms with Crippen molar-refractivity contribution in [3.8, 4) is 0 Å². The van der Waals surface area contributed by atoms with Crippen molar-refractivity contribution in [3.63, 3.8) is 0 Å². The lowest BCUT2D eigenvalue weighted by atomic mass is 10.1. The maximum atomic E-state index is 11.8. The van der Waals surface area contributed by atoms with E-state index in [1.54, 1.807) is 4.90 Å². The van der Waals surface area contributed by atoms with Crippen LogP contribution in [0, 0.1) is 0 Å². The fraction of sp³-hybridized carbons (Fsp3) is 0.923. The van der Waals surface area contributed by atoms with Gasteiger partial charge in [0.2, 0.25) is 0 Å². The number of likely N-dealkylation sites (tertiary alicyclic amines) is 1. The van der Waals surface area contributed by atoms with Crippen molar-refractivity contribution in [3.05, 3.63) is 0 Å². The van der Waals surface area contributed by atoms with E-state index in [9.17, 15) is 9.90 Å². The molecule has 0 spiro atoms. The molecule has 1 saturated heterocycles. The number of nitrogens with zero attached hydrogens (tertiary/aromatic N) is 1. The van der Waals surface area contributed by atoms with Crippen molar-refractivity contribution in [1.82, 2.24) is 4.90 Å². The largest absolute Gasteiger partial charge is 0.413 e. The zero-order valence-corrected chi connectivity index (χ0v) is 13.7. The molecule has 112 valence electrons. The number of aliphatic hydroxyl groups is 1. The maximum Gasteiger partial charge on any atom is 0.413 e. The van der Waals surface area contributed by atoms with E-state index in [0.29, 0.717) is 13.1 Å². The summed E-state index contributed by atoms with van der Waals surface area (Å²) in [5, 5.41) is 9.76. The van der Waals surface area contributed by atoms with Crippen molar-refractivity contribution < 1.29 is 19.1 Å². The van der Waals surface area contributed by atoms with Gasteiger partial charge < -0.3 is 19.2 Å². The third-order valence-corrected chi connectivity index (χ3v) is 8.42. The molecule has 5 nitrogen and oxygen atoms in total. The van der Waals surface area contributed by atoms with E-state index in [1.165, 1.54) is 0 Å². The number of ether oxygens (including phenoxy) is 1. The minimum atomic E-state index is -2.13. The molecular weight excluding hydrogens is 262 g/mol. The fourth-order valence-corrected chi connectivity index (χ4v) is 2.60. The van der Waals surface area contributed by atoms with Crippen LogP contribution in [0.4, 0.5) is 4.79 Å². The Balaban J connectivity index is 2.46. The molecule has 1 unspecified atom stereocenters. The first kappa shape index (κ1) is 16.5. The SMILES string of the molecule is CC(C)(C)[Si](C)(C)OC(O)OC(=O)N1CCCCC1. The summed E-state index contributed by atoms with van der Waals surface area (Å²) in [5.41, 5.74) is 0. The lowest BCUT2D eigenvalue weighted by Crippen LogP contribution is -2.46. The van der Waals surface area contributed by atoms with Gasteiger partial charge in [0.15, 0.2) is 8.32 Å². The Bertz CT molecular complexity index is 308. The topological polar surface area (TPSA) is 59.0 Å². The molecule has 6 heteroatoms. The summed E-state index contributed by atoms with van der Waals surface area (Å²) in [5.74, 6) is 0. The average Bonchev–Trinajstić information content (AvgIpc) is 2.27. The van der Waals surface area contributed by atoms with Gasteiger partial charge in [-0.1, -0.05) is 20.8 Å². The van der Waals surface area contributed by atoms with Crippen LogP contribution in [0.15, 0.2) is 0 Å². The molecule has 1 aliphatic heterocycles. The van der Waals surface area contributed by atoms with Crippen LogP contribution in [-0.4, -0.2) is 44.0 Å². The highest BCUT2D eigenvalue weighted by Crippen LogP contribution is 2.37.